The van der Waals surface area contributed by atoms with Gasteiger partial charge in [0.25, 0.3) is 0 Å². The Morgan fingerprint density at radius 2 is 2.06 bits per heavy atom. The van der Waals surface area contributed by atoms with Gasteiger partial charge in [0.2, 0.25) is 0 Å². The highest BCUT2D eigenvalue weighted by atomic mass is 16.5. The molecule has 0 saturated carbocycles. The van der Waals surface area contributed by atoms with Gasteiger partial charge >= 0.3 is 0 Å². The first-order valence-corrected chi connectivity index (χ1v) is 7.03. The average Bonchev–Trinajstić information content (AvgIpc) is 2.20. The smallest absolute Gasteiger partial charge is 0.0600 e. The Hall–Kier alpha value is -0.120. The quantitative estimate of drug-likeness (QED) is 0.800. The normalized spacial score (nSPS) is 27.4. The average molecular weight is 242 g/mol. The van der Waals surface area contributed by atoms with Gasteiger partial charge in [-0.25, -0.2) is 0 Å². The zero-order chi connectivity index (χ0) is 12.9. The molecule has 0 spiro atoms. The number of hydrogen-bond acceptors (Lipinski definition) is 3. The van der Waals surface area contributed by atoms with Crippen LogP contribution in [0, 0.1) is 0 Å². The van der Waals surface area contributed by atoms with Crippen LogP contribution < -0.4 is 5.32 Å². The molecule has 2 unspecified atom stereocenters. The number of hydrogen-bond donors (Lipinski definition) is 1. The van der Waals surface area contributed by atoms with E-state index in [2.05, 4.69) is 44.8 Å². The fourth-order valence-electron chi connectivity index (χ4n) is 2.39. The third-order valence-electron chi connectivity index (χ3n) is 3.26. The largest absolute Gasteiger partial charge is 0.375 e. The fraction of sp³-hybridized carbons (Fsp3) is 1.00. The van der Waals surface area contributed by atoms with Crippen molar-refractivity contribution in [3.63, 3.8) is 0 Å². The minimum Gasteiger partial charge on any atom is -0.375 e. The summed E-state index contributed by atoms with van der Waals surface area (Å²) in [5.74, 6) is 0. The second kappa shape index (κ2) is 6.72. The Balaban J connectivity index is 2.35. The molecule has 0 amide bonds. The molecule has 1 N–H and O–H groups in total. The van der Waals surface area contributed by atoms with Gasteiger partial charge in [-0.1, -0.05) is 13.3 Å². The second-order valence-corrected chi connectivity index (χ2v) is 6.21. The van der Waals surface area contributed by atoms with Gasteiger partial charge in [0, 0.05) is 31.7 Å². The molecule has 1 aliphatic heterocycles. The Morgan fingerprint density at radius 1 is 1.35 bits per heavy atom. The summed E-state index contributed by atoms with van der Waals surface area (Å²) >= 11 is 0. The molecule has 1 fully saturated rings. The molecule has 2 atom stereocenters. The lowest BCUT2D eigenvalue weighted by atomic mass is 10.1. The zero-order valence-corrected chi connectivity index (χ0v) is 12.3. The molecule has 1 rings (SSSR count). The van der Waals surface area contributed by atoms with E-state index < -0.39 is 0 Å². The maximum absolute atomic E-state index is 5.83. The minimum absolute atomic E-state index is 0.0140. The molecular formula is C14H30N2O. The Bertz CT molecular complexity index is 213. The summed E-state index contributed by atoms with van der Waals surface area (Å²) < 4.78 is 5.83. The standard InChI is InChI=1S/C14H30N2O/c1-6-7-13-10-15-12(2)11-16(13)8-9-17-14(3,4)5/h12-13,15H,6-11H2,1-5H3. The van der Waals surface area contributed by atoms with Gasteiger partial charge in [-0.05, 0) is 34.1 Å². The number of nitrogens with zero attached hydrogens (tertiary/aromatic N) is 1. The molecule has 1 heterocycles. The highest BCUT2D eigenvalue weighted by Crippen LogP contribution is 2.13. The van der Waals surface area contributed by atoms with Crippen LogP contribution in [0.1, 0.15) is 47.5 Å². The molecule has 0 aromatic heterocycles. The van der Waals surface area contributed by atoms with Crippen molar-refractivity contribution in [1.82, 2.24) is 10.2 Å². The Kier molecular flexibility index (Phi) is 5.90. The number of piperazine rings is 1. The number of rotatable bonds is 5. The predicted octanol–water partition coefficient (Wildman–Crippen LogP) is 2.26. The summed E-state index contributed by atoms with van der Waals surface area (Å²) in [6, 6.07) is 1.30. The van der Waals surface area contributed by atoms with Gasteiger partial charge < -0.3 is 10.1 Å². The highest BCUT2D eigenvalue weighted by molar-refractivity contribution is 4.83. The summed E-state index contributed by atoms with van der Waals surface area (Å²) in [5, 5.41) is 3.57. The van der Waals surface area contributed by atoms with Gasteiger partial charge in [0.05, 0.1) is 12.2 Å². The van der Waals surface area contributed by atoms with E-state index in [0.717, 1.165) is 26.2 Å². The van der Waals surface area contributed by atoms with Crippen molar-refractivity contribution >= 4 is 0 Å². The lowest BCUT2D eigenvalue weighted by molar-refractivity contribution is -0.0223. The van der Waals surface area contributed by atoms with E-state index in [-0.39, 0.29) is 5.60 Å². The molecule has 0 aromatic carbocycles. The maximum Gasteiger partial charge on any atom is 0.0600 e. The molecule has 0 aliphatic carbocycles. The van der Waals surface area contributed by atoms with Crippen molar-refractivity contribution in [2.45, 2.75) is 65.1 Å². The van der Waals surface area contributed by atoms with Gasteiger partial charge in [-0.15, -0.1) is 0 Å². The Morgan fingerprint density at radius 3 is 2.65 bits per heavy atom. The Labute approximate surface area is 107 Å². The topological polar surface area (TPSA) is 24.5 Å². The molecule has 17 heavy (non-hydrogen) atoms. The van der Waals surface area contributed by atoms with Crippen molar-refractivity contribution < 1.29 is 4.74 Å². The van der Waals surface area contributed by atoms with Crippen molar-refractivity contribution in [2.75, 3.05) is 26.2 Å². The maximum atomic E-state index is 5.83. The summed E-state index contributed by atoms with van der Waals surface area (Å²) in [6.45, 7) is 15.1. The first-order chi connectivity index (χ1) is 7.92. The van der Waals surface area contributed by atoms with Crippen molar-refractivity contribution in [1.29, 1.82) is 0 Å². The number of nitrogens with one attached hydrogen (secondary N) is 1. The molecule has 1 saturated heterocycles. The van der Waals surface area contributed by atoms with Crippen molar-refractivity contribution in [3.8, 4) is 0 Å². The molecule has 3 heteroatoms. The molecule has 0 bridgehead atoms. The van der Waals surface area contributed by atoms with Crippen molar-refractivity contribution in [2.24, 2.45) is 0 Å². The van der Waals surface area contributed by atoms with E-state index in [9.17, 15) is 0 Å². The van der Waals surface area contributed by atoms with Gasteiger partial charge in [-0.2, -0.15) is 0 Å². The van der Waals surface area contributed by atoms with Gasteiger partial charge in [-0.3, -0.25) is 4.90 Å². The van der Waals surface area contributed by atoms with Crippen LogP contribution in [0.2, 0.25) is 0 Å². The van der Waals surface area contributed by atoms with Gasteiger partial charge in [0.15, 0.2) is 0 Å². The van der Waals surface area contributed by atoms with Crippen LogP contribution in [0.4, 0.5) is 0 Å². The van der Waals surface area contributed by atoms with Crippen LogP contribution in [-0.4, -0.2) is 48.8 Å². The van der Waals surface area contributed by atoms with Crippen molar-refractivity contribution in [3.05, 3.63) is 0 Å². The van der Waals surface area contributed by atoms with Crippen LogP contribution in [0.25, 0.3) is 0 Å². The van der Waals surface area contributed by atoms with Crippen LogP contribution in [-0.2, 0) is 4.74 Å². The van der Waals surface area contributed by atoms with E-state index in [1.165, 1.54) is 12.8 Å². The third kappa shape index (κ3) is 5.84. The minimum atomic E-state index is -0.0140. The fourth-order valence-corrected chi connectivity index (χ4v) is 2.39. The van der Waals surface area contributed by atoms with Gasteiger partial charge in [0.1, 0.15) is 0 Å². The summed E-state index contributed by atoms with van der Waals surface area (Å²) in [6.07, 6.45) is 2.55. The van der Waals surface area contributed by atoms with E-state index in [1.54, 1.807) is 0 Å². The molecule has 0 radical (unpaired) electrons. The summed E-state index contributed by atoms with van der Waals surface area (Å²) in [5.41, 5.74) is -0.0140. The second-order valence-electron chi connectivity index (χ2n) is 6.21. The molecule has 3 nitrogen and oxygen atoms in total. The van der Waals surface area contributed by atoms with Crippen LogP contribution in [0.5, 0.6) is 0 Å². The predicted molar refractivity (Wildman–Crippen MR) is 73.4 cm³/mol. The first-order valence-electron chi connectivity index (χ1n) is 7.03. The molecule has 102 valence electrons. The molecule has 1 aliphatic rings. The zero-order valence-electron chi connectivity index (χ0n) is 12.3. The van der Waals surface area contributed by atoms with E-state index in [4.69, 9.17) is 4.74 Å². The monoisotopic (exact) mass is 242 g/mol. The third-order valence-corrected chi connectivity index (χ3v) is 3.26. The summed E-state index contributed by atoms with van der Waals surface area (Å²) in [7, 11) is 0. The molecule has 0 aromatic rings. The first kappa shape index (κ1) is 14.9. The van der Waals surface area contributed by atoms with Crippen LogP contribution >= 0.6 is 0 Å². The SMILES string of the molecule is CCCC1CNC(C)CN1CCOC(C)(C)C. The van der Waals surface area contributed by atoms with Crippen LogP contribution in [0.3, 0.4) is 0 Å². The lowest BCUT2D eigenvalue weighted by Gasteiger charge is -2.39. The lowest BCUT2D eigenvalue weighted by Crippen LogP contribution is -2.56. The van der Waals surface area contributed by atoms with E-state index in [1.807, 2.05) is 0 Å². The molecular weight excluding hydrogens is 212 g/mol. The summed E-state index contributed by atoms with van der Waals surface area (Å²) in [4.78, 5) is 2.59. The highest BCUT2D eigenvalue weighted by Gasteiger charge is 2.25. The van der Waals surface area contributed by atoms with E-state index in [0.29, 0.717) is 12.1 Å². The number of ether oxygens (including phenoxy) is 1. The van der Waals surface area contributed by atoms with Crippen LogP contribution in [0.15, 0.2) is 0 Å². The van der Waals surface area contributed by atoms with E-state index >= 15 is 0 Å².